The quantitative estimate of drug-likeness (QED) is 0.793. The lowest BCUT2D eigenvalue weighted by Crippen LogP contribution is -1.98. The van der Waals surface area contributed by atoms with Crippen molar-refractivity contribution in [3.8, 4) is 5.75 Å². The number of hydrogen-bond acceptors (Lipinski definition) is 3. The van der Waals surface area contributed by atoms with E-state index in [0.717, 1.165) is 6.20 Å². The summed E-state index contributed by atoms with van der Waals surface area (Å²) in [4.78, 5) is 3.57. The van der Waals surface area contributed by atoms with Crippen molar-refractivity contribution in [2.45, 2.75) is 13.0 Å². The van der Waals surface area contributed by atoms with Crippen LogP contribution in [0.2, 0.25) is 0 Å². The summed E-state index contributed by atoms with van der Waals surface area (Å²) >= 11 is 2.89. The number of aliphatic hydroxyl groups excluding tert-OH is 1. The molecule has 2 N–H and O–H groups in total. The van der Waals surface area contributed by atoms with E-state index in [1.165, 1.54) is 0 Å². The third-order valence-corrected chi connectivity index (χ3v) is 2.21. The maximum atomic E-state index is 12.3. The summed E-state index contributed by atoms with van der Waals surface area (Å²) in [6, 6.07) is 0. The summed E-state index contributed by atoms with van der Waals surface area (Å²) in [7, 11) is 0. The highest BCUT2D eigenvalue weighted by Gasteiger charge is 2.20. The van der Waals surface area contributed by atoms with Crippen LogP contribution >= 0.6 is 15.9 Å². The summed E-state index contributed by atoms with van der Waals surface area (Å²) in [6.07, 6.45) is -1.92. The van der Waals surface area contributed by atoms with Crippen LogP contribution in [0.1, 0.15) is 17.6 Å². The van der Waals surface area contributed by atoms with Crippen LogP contribution in [0.25, 0.3) is 0 Å². The van der Waals surface area contributed by atoms with E-state index < -0.39 is 24.3 Å². The Hall–Kier alpha value is -0.750. The average molecular weight is 254 g/mol. The van der Waals surface area contributed by atoms with Gasteiger partial charge in [-0.05, 0) is 15.9 Å². The van der Waals surface area contributed by atoms with Crippen LogP contribution < -0.4 is 0 Å². The van der Waals surface area contributed by atoms with Gasteiger partial charge in [0.2, 0.25) is 0 Å². The summed E-state index contributed by atoms with van der Waals surface area (Å²) < 4.78 is 24.8. The van der Waals surface area contributed by atoms with Gasteiger partial charge in [0, 0.05) is 5.56 Å². The molecule has 0 saturated carbocycles. The second-order valence-electron chi connectivity index (χ2n) is 2.29. The lowest BCUT2D eigenvalue weighted by molar-refractivity contribution is 0.142. The van der Waals surface area contributed by atoms with Crippen molar-refractivity contribution in [3.63, 3.8) is 0 Å². The monoisotopic (exact) mass is 253 g/mol. The van der Waals surface area contributed by atoms with Crippen molar-refractivity contribution in [3.05, 3.63) is 21.9 Å². The normalized spacial score (nSPS) is 10.8. The lowest BCUT2D eigenvalue weighted by Gasteiger charge is -2.09. The van der Waals surface area contributed by atoms with E-state index in [0.29, 0.717) is 0 Å². The van der Waals surface area contributed by atoms with Crippen LogP contribution in [-0.4, -0.2) is 15.2 Å². The fourth-order valence-electron chi connectivity index (χ4n) is 0.925. The van der Waals surface area contributed by atoms with Crippen molar-refractivity contribution < 1.29 is 19.0 Å². The molecule has 1 aromatic heterocycles. The minimum atomic E-state index is -2.83. The van der Waals surface area contributed by atoms with Gasteiger partial charge in [0.05, 0.1) is 18.4 Å². The largest absolute Gasteiger partial charge is 0.506 e. The molecule has 0 aliphatic rings. The maximum absolute atomic E-state index is 12.3. The second kappa shape index (κ2) is 3.97. The molecule has 0 aromatic carbocycles. The fourth-order valence-corrected chi connectivity index (χ4v) is 1.37. The van der Waals surface area contributed by atoms with Gasteiger partial charge in [-0.15, -0.1) is 0 Å². The molecule has 72 valence electrons. The lowest BCUT2D eigenvalue weighted by atomic mass is 10.1. The number of halogens is 3. The molecule has 0 unspecified atom stereocenters. The van der Waals surface area contributed by atoms with Crippen LogP contribution in [0.4, 0.5) is 8.78 Å². The third kappa shape index (κ3) is 1.94. The van der Waals surface area contributed by atoms with Crippen LogP contribution in [-0.2, 0) is 6.61 Å². The first-order valence-corrected chi connectivity index (χ1v) is 4.12. The smallest absolute Gasteiger partial charge is 0.267 e. The van der Waals surface area contributed by atoms with E-state index in [9.17, 15) is 8.78 Å². The first-order chi connectivity index (χ1) is 6.07. The molecule has 1 aromatic rings. The average Bonchev–Trinajstić information content (AvgIpc) is 2.07. The first kappa shape index (κ1) is 10.3. The zero-order valence-electron chi connectivity index (χ0n) is 6.34. The van der Waals surface area contributed by atoms with Crippen LogP contribution in [0.15, 0.2) is 10.8 Å². The molecule has 0 radical (unpaired) electrons. The predicted octanol–water partition coefficient (Wildman–Crippen LogP) is 1.98. The number of aromatic hydroxyl groups is 1. The molecule has 0 bridgehead atoms. The van der Waals surface area contributed by atoms with Crippen molar-refractivity contribution in [1.29, 1.82) is 0 Å². The summed E-state index contributed by atoms with van der Waals surface area (Å²) in [5.74, 6) is -0.609. The minimum Gasteiger partial charge on any atom is -0.506 e. The molecule has 0 spiro atoms. The van der Waals surface area contributed by atoms with E-state index in [1.807, 2.05) is 0 Å². The van der Waals surface area contributed by atoms with E-state index in [-0.39, 0.29) is 10.2 Å². The van der Waals surface area contributed by atoms with Gasteiger partial charge in [-0.2, -0.15) is 0 Å². The van der Waals surface area contributed by atoms with Crippen molar-refractivity contribution in [2.75, 3.05) is 0 Å². The highest BCUT2D eigenvalue weighted by atomic mass is 79.9. The third-order valence-electron chi connectivity index (χ3n) is 1.53. The second-order valence-corrected chi connectivity index (χ2v) is 3.04. The van der Waals surface area contributed by atoms with Crippen LogP contribution in [0, 0.1) is 0 Å². The van der Waals surface area contributed by atoms with Gasteiger partial charge in [0.25, 0.3) is 6.43 Å². The Balaban J connectivity index is 3.35. The molecule has 3 nitrogen and oxygen atoms in total. The zero-order chi connectivity index (χ0) is 10.0. The number of aromatic nitrogens is 1. The Morgan fingerprint density at radius 3 is 2.54 bits per heavy atom. The highest BCUT2D eigenvalue weighted by molar-refractivity contribution is 9.10. The number of pyridine rings is 1. The summed E-state index contributed by atoms with van der Waals surface area (Å²) in [6.45, 7) is -0.596. The number of nitrogens with zero attached hydrogens (tertiary/aromatic N) is 1. The maximum Gasteiger partial charge on any atom is 0.267 e. The molecule has 1 heterocycles. The predicted molar refractivity (Wildman–Crippen MR) is 44.5 cm³/mol. The Labute approximate surface area is 81.2 Å². The van der Waals surface area contributed by atoms with Gasteiger partial charge in [0.1, 0.15) is 10.4 Å². The fraction of sp³-hybridized carbons (Fsp3) is 0.286. The minimum absolute atomic E-state index is 0.0880. The van der Waals surface area contributed by atoms with E-state index in [1.54, 1.807) is 0 Å². The Morgan fingerprint density at radius 2 is 2.15 bits per heavy atom. The van der Waals surface area contributed by atoms with Gasteiger partial charge < -0.3 is 10.2 Å². The van der Waals surface area contributed by atoms with E-state index >= 15 is 0 Å². The molecule has 0 atom stereocenters. The Morgan fingerprint density at radius 1 is 1.54 bits per heavy atom. The molecule has 6 heteroatoms. The van der Waals surface area contributed by atoms with Gasteiger partial charge >= 0.3 is 0 Å². The highest BCUT2D eigenvalue weighted by Crippen LogP contribution is 2.33. The summed E-state index contributed by atoms with van der Waals surface area (Å²) in [5.41, 5.74) is -0.667. The van der Waals surface area contributed by atoms with Gasteiger partial charge in [-0.25, -0.2) is 13.8 Å². The van der Waals surface area contributed by atoms with Crippen LogP contribution in [0.3, 0.4) is 0 Å². The standard InChI is InChI=1S/C7H6BrF2NO2/c8-6-3(2-12)5(7(9)10)4(13)1-11-6/h1,7,12-13H,2H2. The first-order valence-electron chi connectivity index (χ1n) is 3.33. The van der Waals surface area contributed by atoms with Gasteiger partial charge in [-0.3, -0.25) is 0 Å². The van der Waals surface area contributed by atoms with E-state index in [4.69, 9.17) is 10.2 Å². The molecule has 13 heavy (non-hydrogen) atoms. The van der Waals surface area contributed by atoms with Crippen LogP contribution in [0.5, 0.6) is 5.75 Å². The van der Waals surface area contributed by atoms with E-state index in [2.05, 4.69) is 20.9 Å². The molecule has 0 aliphatic heterocycles. The molecule has 1 rings (SSSR count). The molecular weight excluding hydrogens is 248 g/mol. The number of hydrogen-bond donors (Lipinski definition) is 2. The van der Waals surface area contributed by atoms with Crippen molar-refractivity contribution >= 4 is 15.9 Å². The molecular formula is C7H6BrF2NO2. The number of aliphatic hydroxyl groups is 1. The molecule has 0 aliphatic carbocycles. The SMILES string of the molecule is OCc1c(Br)ncc(O)c1C(F)F. The topological polar surface area (TPSA) is 53.4 Å². The van der Waals surface area contributed by atoms with Crippen molar-refractivity contribution in [2.24, 2.45) is 0 Å². The summed E-state index contributed by atoms with van der Waals surface area (Å²) in [5, 5.41) is 17.8. The number of rotatable bonds is 2. The number of alkyl halides is 2. The Bertz CT molecular complexity index is 320. The molecule has 0 fully saturated rings. The Kier molecular flexibility index (Phi) is 3.16. The van der Waals surface area contributed by atoms with Gasteiger partial charge in [0.15, 0.2) is 0 Å². The van der Waals surface area contributed by atoms with Crippen molar-refractivity contribution in [1.82, 2.24) is 4.98 Å². The molecule has 0 saturated heterocycles. The zero-order valence-corrected chi connectivity index (χ0v) is 7.92. The molecule has 0 amide bonds. The van der Waals surface area contributed by atoms with Gasteiger partial charge in [-0.1, -0.05) is 0 Å².